The van der Waals surface area contributed by atoms with E-state index in [4.69, 9.17) is 16.7 Å². The molecule has 0 aromatic heterocycles. The van der Waals surface area contributed by atoms with Gasteiger partial charge in [0.15, 0.2) is 0 Å². The van der Waals surface area contributed by atoms with Crippen LogP contribution in [0.1, 0.15) is 11.6 Å². The van der Waals surface area contributed by atoms with Crippen LogP contribution in [0.15, 0.2) is 24.3 Å². The number of rotatable bonds is 3. The molecule has 0 amide bonds. The third kappa shape index (κ3) is 1.97. The number of nitrogens with one attached hydrogen (secondary N) is 1. The summed E-state index contributed by atoms with van der Waals surface area (Å²) in [4.78, 5) is 0. The maximum absolute atomic E-state index is 8.98. The Hall–Kier alpha value is -0.570. The molecule has 0 saturated heterocycles. The Kier molecular flexibility index (Phi) is 3.53. The van der Waals surface area contributed by atoms with Crippen LogP contribution in [0.2, 0.25) is 5.02 Å². The van der Waals surface area contributed by atoms with Gasteiger partial charge in [-0.05, 0) is 18.7 Å². The average Bonchev–Trinajstić information content (AvgIpc) is 2.10. The van der Waals surface area contributed by atoms with Crippen LogP contribution in [-0.2, 0) is 0 Å². The Labute approximate surface area is 77.2 Å². The number of hydrogen-bond donors (Lipinski definition) is 2. The molecule has 0 radical (unpaired) electrons. The van der Waals surface area contributed by atoms with Crippen LogP contribution in [0, 0.1) is 0 Å². The quantitative estimate of drug-likeness (QED) is 0.750. The van der Waals surface area contributed by atoms with Gasteiger partial charge in [0.1, 0.15) is 0 Å². The predicted octanol–water partition coefficient (Wildman–Crippen LogP) is 1.59. The molecule has 0 heterocycles. The van der Waals surface area contributed by atoms with Gasteiger partial charge in [0.25, 0.3) is 0 Å². The smallest absolute Gasteiger partial charge is 0.0626 e. The molecule has 1 rings (SSSR count). The summed E-state index contributed by atoms with van der Waals surface area (Å²) in [5.74, 6) is 0. The van der Waals surface area contributed by atoms with E-state index < -0.39 is 0 Å². The molecule has 0 aliphatic carbocycles. The van der Waals surface area contributed by atoms with E-state index in [0.717, 1.165) is 5.56 Å². The Morgan fingerprint density at radius 1 is 1.50 bits per heavy atom. The largest absolute Gasteiger partial charge is 0.394 e. The van der Waals surface area contributed by atoms with Gasteiger partial charge in [-0.3, -0.25) is 0 Å². The minimum atomic E-state index is -0.0706. The van der Waals surface area contributed by atoms with E-state index in [0.29, 0.717) is 5.02 Å². The summed E-state index contributed by atoms with van der Waals surface area (Å²) in [5, 5.41) is 12.6. The van der Waals surface area contributed by atoms with Crippen LogP contribution in [0.5, 0.6) is 0 Å². The molecule has 0 bridgehead atoms. The van der Waals surface area contributed by atoms with Gasteiger partial charge in [0.2, 0.25) is 0 Å². The van der Waals surface area contributed by atoms with Crippen molar-refractivity contribution in [1.29, 1.82) is 0 Å². The highest BCUT2D eigenvalue weighted by Crippen LogP contribution is 2.21. The highest BCUT2D eigenvalue weighted by molar-refractivity contribution is 6.31. The summed E-state index contributed by atoms with van der Waals surface area (Å²) in [6.07, 6.45) is 0. The maximum Gasteiger partial charge on any atom is 0.0626 e. The Morgan fingerprint density at radius 2 is 2.17 bits per heavy atom. The number of likely N-dealkylation sites (N-methyl/N-ethyl adjacent to an activating group) is 1. The zero-order valence-electron chi connectivity index (χ0n) is 6.92. The lowest BCUT2D eigenvalue weighted by Crippen LogP contribution is -2.20. The van der Waals surface area contributed by atoms with Crippen LogP contribution in [0.4, 0.5) is 0 Å². The highest BCUT2D eigenvalue weighted by Gasteiger charge is 2.09. The molecular weight excluding hydrogens is 174 g/mol. The Bertz CT molecular complexity index is 248. The molecule has 1 aromatic carbocycles. The summed E-state index contributed by atoms with van der Waals surface area (Å²) in [5.41, 5.74) is 0.934. The van der Waals surface area contributed by atoms with Crippen LogP contribution < -0.4 is 5.32 Å². The van der Waals surface area contributed by atoms with Crippen LogP contribution in [-0.4, -0.2) is 18.8 Å². The van der Waals surface area contributed by atoms with Crippen molar-refractivity contribution in [2.75, 3.05) is 13.7 Å². The number of aliphatic hydroxyl groups excluding tert-OH is 1. The van der Waals surface area contributed by atoms with Crippen LogP contribution in [0.3, 0.4) is 0 Å². The van der Waals surface area contributed by atoms with Gasteiger partial charge >= 0.3 is 0 Å². The first-order valence-corrected chi connectivity index (χ1v) is 4.20. The van der Waals surface area contributed by atoms with Crippen molar-refractivity contribution in [2.24, 2.45) is 0 Å². The molecule has 0 fully saturated rings. The van der Waals surface area contributed by atoms with Crippen LogP contribution in [0.25, 0.3) is 0 Å². The first-order chi connectivity index (χ1) is 5.79. The predicted molar refractivity (Wildman–Crippen MR) is 50.3 cm³/mol. The molecule has 3 heteroatoms. The van der Waals surface area contributed by atoms with Crippen molar-refractivity contribution in [3.05, 3.63) is 34.9 Å². The molecule has 1 unspecified atom stereocenters. The summed E-state index contributed by atoms with van der Waals surface area (Å²) < 4.78 is 0. The molecule has 2 nitrogen and oxygen atoms in total. The summed E-state index contributed by atoms with van der Waals surface area (Å²) in [6.45, 7) is 0.0558. The minimum Gasteiger partial charge on any atom is -0.394 e. The van der Waals surface area contributed by atoms with Gasteiger partial charge in [0.05, 0.1) is 12.6 Å². The van der Waals surface area contributed by atoms with Gasteiger partial charge in [-0.1, -0.05) is 29.8 Å². The minimum absolute atomic E-state index is 0.0558. The third-order valence-corrected chi connectivity index (χ3v) is 2.16. The molecule has 0 aliphatic rings. The van der Waals surface area contributed by atoms with Gasteiger partial charge in [-0.25, -0.2) is 0 Å². The topological polar surface area (TPSA) is 32.3 Å². The van der Waals surface area contributed by atoms with E-state index in [-0.39, 0.29) is 12.6 Å². The lowest BCUT2D eigenvalue weighted by Gasteiger charge is -2.14. The fraction of sp³-hybridized carbons (Fsp3) is 0.333. The Balaban J connectivity index is 2.92. The molecule has 0 spiro atoms. The number of halogens is 1. The normalized spacial score (nSPS) is 12.9. The highest BCUT2D eigenvalue weighted by atomic mass is 35.5. The number of aliphatic hydroxyl groups is 1. The molecule has 1 atom stereocenters. The molecule has 0 saturated carbocycles. The van der Waals surface area contributed by atoms with Crippen molar-refractivity contribution in [2.45, 2.75) is 6.04 Å². The molecule has 66 valence electrons. The third-order valence-electron chi connectivity index (χ3n) is 1.81. The fourth-order valence-corrected chi connectivity index (χ4v) is 1.37. The van der Waals surface area contributed by atoms with Gasteiger partial charge < -0.3 is 10.4 Å². The second kappa shape index (κ2) is 4.45. The average molecular weight is 186 g/mol. The second-order valence-electron chi connectivity index (χ2n) is 2.55. The van der Waals surface area contributed by atoms with Gasteiger partial charge in [-0.15, -0.1) is 0 Å². The van der Waals surface area contributed by atoms with E-state index in [2.05, 4.69) is 5.32 Å². The maximum atomic E-state index is 8.98. The first-order valence-electron chi connectivity index (χ1n) is 3.82. The summed E-state index contributed by atoms with van der Waals surface area (Å²) in [7, 11) is 1.80. The lowest BCUT2D eigenvalue weighted by atomic mass is 10.1. The van der Waals surface area contributed by atoms with Crippen molar-refractivity contribution in [1.82, 2.24) is 5.32 Å². The first kappa shape index (κ1) is 9.52. The van der Waals surface area contributed by atoms with E-state index in [1.54, 1.807) is 7.05 Å². The van der Waals surface area contributed by atoms with Gasteiger partial charge in [-0.2, -0.15) is 0 Å². The molecule has 1 aromatic rings. The zero-order chi connectivity index (χ0) is 8.97. The zero-order valence-corrected chi connectivity index (χ0v) is 7.67. The van der Waals surface area contributed by atoms with Crippen molar-refractivity contribution >= 4 is 11.6 Å². The molecule has 12 heavy (non-hydrogen) atoms. The van der Waals surface area contributed by atoms with E-state index >= 15 is 0 Å². The SMILES string of the molecule is CNC(CO)c1ccccc1Cl. The molecule has 2 N–H and O–H groups in total. The van der Waals surface area contributed by atoms with Crippen molar-refractivity contribution in [3.8, 4) is 0 Å². The molecule has 0 aliphatic heterocycles. The monoisotopic (exact) mass is 185 g/mol. The van der Waals surface area contributed by atoms with E-state index in [1.165, 1.54) is 0 Å². The van der Waals surface area contributed by atoms with Crippen molar-refractivity contribution in [3.63, 3.8) is 0 Å². The standard InChI is InChI=1S/C9H12ClNO/c1-11-9(6-12)7-4-2-3-5-8(7)10/h2-5,9,11-12H,6H2,1H3. The van der Waals surface area contributed by atoms with Crippen LogP contribution >= 0.6 is 11.6 Å². The second-order valence-corrected chi connectivity index (χ2v) is 2.95. The van der Waals surface area contributed by atoms with E-state index in [9.17, 15) is 0 Å². The van der Waals surface area contributed by atoms with Crippen molar-refractivity contribution < 1.29 is 5.11 Å². The fourth-order valence-electron chi connectivity index (χ4n) is 1.10. The molecular formula is C9H12ClNO. The Morgan fingerprint density at radius 3 is 2.67 bits per heavy atom. The lowest BCUT2D eigenvalue weighted by molar-refractivity contribution is 0.251. The summed E-state index contributed by atoms with van der Waals surface area (Å²) >= 11 is 5.93. The number of benzene rings is 1. The summed E-state index contributed by atoms with van der Waals surface area (Å²) in [6, 6.07) is 7.42. The van der Waals surface area contributed by atoms with Gasteiger partial charge in [0, 0.05) is 5.02 Å². The van der Waals surface area contributed by atoms with E-state index in [1.807, 2.05) is 24.3 Å². The number of hydrogen-bond acceptors (Lipinski definition) is 2.